The Balaban J connectivity index is 5.48. The molecule has 0 rings (SSSR count). The van der Waals surface area contributed by atoms with E-state index < -0.39 is 60.2 Å². The summed E-state index contributed by atoms with van der Waals surface area (Å²) in [5.74, 6) is -4.91. The highest BCUT2D eigenvalue weighted by atomic mass is 32.1. The molecule has 0 aromatic heterocycles. The molecule has 7 N–H and O–H groups in total. The van der Waals surface area contributed by atoms with Crippen molar-refractivity contribution in [2.45, 2.75) is 71.1 Å². The van der Waals surface area contributed by atoms with Crippen LogP contribution in [0.5, 0.6) is 0 Å². The Labute approximate surface area is 187 Å². The molecule has 12 heteroatoms. The number of nitrogens with two attached hydrogens (primary N) is 1. The van der Waals surface area contributed by atoms with E-state index in [1.165, 1.54) is 0 Å². The van der Waals surface area contributed by atoms with E-state index in [4.69, 9.17) is 15.9 Å². The minimum Gasteiger partial charge on any atom is -0.481 e. The average Bonchev–Trinajstić information content (AvgIpc) is 2.66. The molecule has 0 bridgehead atoms. The summed E-state index contributed by atoms with van der Waals surface area (Å²) in [5.41, 5.74) is 5.79. The first kappa shape index (κ1) is 28.7. The molecule has 4 atom stereocenters. The average molecular weight is 463 g/mol. The van der Waals surface area contributed by atoms with Crippen LogP contribution < -0.4 is 21.7 Å². The number of carboxylic acids is 2. The van der Waals surface area contributed by atoms with Gasteiger partial charge in [0, 0.05) is 12.2 Å². The molecule has 0 saturated carbocycles. The van der Waals surface area contributed by atoms with Crippen molar-refractivity contribution in [3.63, 3.8) is 0 Å². The van der Waals surface area contributed by atoms with Crippen molar-refractivity contribution in [1.29, 1.82) is 0 Å². The predicted octanol–water partition coefficient (Wildman–Crippen LogP) is -0.651. The van der Waals surface area contributed by atoms with E-state index >= 15 is 0 Å². The second-order valence-electron chi connectivity index (χ2n) is 8.04. The van der Waals surface area contributed by atoms with Crippen LogP contribution in [-0.4, -0.2) is 69.8 Å². The molecule has 0 aliphatic heterocycles. The molecule has 0 aromatic carbocycles. The standard InChI is InChI=1S/C19H34N4O7S/c1-9(2)7-12(17(27)23-13(8-31)19(29)30)22-16(26)11(5-6-14(24)25)21-18(28)15(20)10(3)4/h9-13,15,31H,5-8,20H2,1-4H3,(H,21,28)(H,22,26)(H,23,27)(H,24,25)(H,29,30). The molecule has 3 amide bonds. The van der Waals surface area contributed by atoms with Crippen LogP contribution in [-0.2, 0) is 24.0 Å². The summed E-state index contributed by atoms with van der Waals surface area (Å²) in [6, 6.07) is -4.45. The van der Waals surface area contributed by atoms with Crippen LogP contribution in [0.3, 0.4) is 0 Å². The lowest BCUT2D eigenvalue weighted by molar-refractivity contribution is -0.141. The number of carbonyl (C=O) groups is 5. The number of thiol groups is 1. The molecule has 0 spiro atoms. The third kappa shape index (κ3) is 11.0. The lowest BCUT2D eigenvalue weighted by atomic mass is 10.0. The smallest absolute Gasteiger partial charge is 0.327 e. The Morgan fingerprint density at radius 3 is 1.74 bits per heavy atom. The van der Waals surface area contributed by atoms with Gasteiger partial charge in [-0.1, -0.05) is 27.7 Å². The van der Waals surface area contributed by atoms with Gasteiger partial charge in [0.1, 0.15) is 18.1 Å². The zero-order valence-electron chi connectivity index (χ0n) is 18.3. The Morgan fingerprint density at radius 2 is 1.32 bits per heavy atom. The minimum absolute atomic E-state index is 0.0308. The van der Waals surface area contributed by atoms with E-state index in [1.807, 2.05) is 13.8 Å². The van der Waals surface area contributed by atoms with Crippen molar-refractivity contribution in [3.05, 3.63) is 0 Å². The molecule has 0 heterocycles. The summed E-state index contributed by atoms with van der Waals surface area (Å²) in [7, 11) is 0. The van der Waals surface area contributed by atoms with Crippen LogP contribution in [0.25, 0.3) is 0 Å². The first-order valence-electron chi connectivity index (χ1n) is 10.0. The van der Waals surface area contributed by atoms with Crippen LogP contribution in [0, 0.1) is 11.8 Å². The summed E-state index contributed by atoms with van der Waals surface area (Å²) in [6.07, 6.45) is -0.402. The van der Waals surface area contributed by atoms with Crippen molar-refractivity contribution in [1.82, 2.24) is 16.0 Å². The second kappa shape index (κ2) is 13.9. The number of rotatable bonds is 14. The van der Waals surface area contributed by atoms with Crippen LogP contribution in [0.15, 0.2) is 0 Å². The van der Waals surface area contributed by atoms with Gasteiger partial charge < -0.3 is 31.9 Å². The molecule has 31 heavy (non-hydrogen) atoms. The van der Waals surface area contributed by atoms with Gasteiger partial charge in [-0.15, -0.1) is 0 Å². The lowest BCUT2D eigenvalue weighted by Gasteiger charge is -2.26. The van der Waals surface area contributed by atoms with Gasteiger partial charge >= 0.3 is 11.9 Å². The fraction of sp³-hybridized carbons (Fsp3) is 0.737. The summed E-state index contributed by atoms with van der Waals surface area (Å²) < 4.78 is 0. The summed E-state index contributed by atoms with van der Waals surface area (Å²) >= 11 is 3.89. The van der Waals surface area contributed by atoms with Crippen molar-refractivity contribution >= 4 is 42.3 Å². The van der Waals surface area contributed by atoms with Crippen molar-refractivity contribution in [2.24, 2.45) is 17.6 Å². The van der Waals surface area contributed by atoms with Crippen molar-refractivity contribution in [2.75, 3.05) is 5.75 Å². The number of hydrogen-bond acceptors (Lipinski definition) is 7. The molecule has 178 valence electrons. The highest BCUT2D eigenvalue weighted by Crippen LogP contribution is 2.08. The van der Waals surface area contributed by atoms with Crippen LogP contribution in [0.2, 0.25) is 0 Å². The lowest BCUT2D eigenvalue weighted by Crippen LogP contribution is -2.58. The number of carbonyl (C=O) groups excluding carboxylic acids is 3. The molecule has 0 fully saturated rings. The topological polar surface area (TPSA) is 188 Å². The SMILES string of the molecule is CC(C)CC(NC(=O)C(CCC(=O)O)NC(=O)C(N)C(C)C)C(=O)NC(CS)C(=O)O. The Bertz CT molecular complexity index is 657. The van der Waals surface area contributed by atoms with Crippen molar-refractivity contribution in [3.8, 4) is 0 Å². The quantitative estimate of drug-likeness (QED) is 0.166. The number of amides is 3. The van der Waals surface area contributed by atoms with E-state index in [9.17, 15) is 24.0 Å². The van der Waals surface area contributed by atoms with E-state index in [-0.39, 0.29) is 30.4 Å². The summed E-state index contributed by atoms with van der Waals surface area (Å²) in [4.78, 5) is 59.8. The number of nitrogens with one attached hydrogen (secondary N) is 3. The third-order valence-corrected chi connectivity index (χ3v) is 4.80. The maximum atomic E-state index is 12.8. The second-order valence-corrected chi connectivity index (χ2v) is 8.40. The first-order chi connectivity index (χ1) is 14.3. The van der Waals surface area contributed by atoms with E-state index in [0.29, 0.717) is 0 Å². The van der Waals surface area contributed by atoms with Gasteiger partial charge in [-0.05, 0) is 24.7 Å². The van der Waals surface area contributed by atoms with E-state index in [0.717, 1.165) is 0 Å². The summed E-state index contributed by atoms with van der Waals surface area (Å²) in [5, 5.41) is 25.3. The first-order valence-corrected chi connectivity index (χ1v) is 10.6. The van der Waals surface area contributed by atoms with Crippen LogP contribution in [0.1, 0.15) is 47.0 Å². The monoisotopic (exact) mass is 462 g/mol. The minimum atomic E-state index is -1.27. The van der Waals surface area contributed by atoms with Crippen molar-refractivity contribution < 1.29 is 34.2 Å². The molecule has 0 aliphatic carbocycles. The molecular weight excluding hydrogens is 428 g/mol. The molecule has 0 aromatic rings. The normalized spacial score (nSPS) is 15.0. The third-order valence-electron chi connectivity index (χ3n) is 4.44. The fourth-order valence-electron chi connectivity index (χ4n) is 2.54. The van der Waals surface area contributed by atoms with Gasteiger partial charge in [0.05, 0.1) is 6.04 Å². The molecule has 11 nitrogen and oxygen atoms in total. The van der Waals surface area contributed by atoms with Gasteiger partial charge in [-0.3, -0.25) is 19.2 Å². The zero-order valence-corrected chi connectivity index (χ0v) is 19.1. The van der Waals surface area contributed by atoms with E-state index in [2.05, 4.69) is 28.6 Å². The molecule has 0 aliphatic rings. The van der Waals surface area contributed by atoms with Gasteiger partial charge in [0.2, 0.25) is 17.7 Å². The Kier molecular flexibility index (Phi) is 12.8. The number of hydrogen-bond donors (Lipinski definition) is 7. The largest absolute Gasteiger partial charge is 0.481 e. The fourth-order valence-corrected chi connectivity index (χ4v) is 2.79. The maximum Gasteiger partial charge on any atom is 0.327 e. The Morgan fingerprint density at radius 1 is 0.839 bits per heavy atom. The molecule has 0 radical (unpaired) electrons. The molecule has 0 saturated heterocycles. The number of carboxylic acid groups (broad SMARTS) is 2. The highest BCUT2D eigenvalue weighted by molar-refractivity contribution is 7.80. The zero-order chi connectivity index (χ0) is 24.3. The van der Waals surface area contributed by atoms with Gasteiger partial charge in [-0.2, -0.15) is 12.6 Å². The maximum absolute atomic E-state index is 12.8. The van der Waals surface area contributed by atoms with Crippen LogP contribution in [0.4, 0.5) is 0 Å². The van der Waals surface area contributed by atoms with Gasteiger partial charge in [0.25, 0.3) is 0 Å². The van der Waals surface area contributed by atoms with Gasteiger partial charge in [-0.25, -0.2) is 4.79 Å². The number of aliphatic carboxylic acids is 2. The summed E-state index contributed by atoms with van der Waals surface area (Å²) in [6.45, 7) is 7.07. The predicted molar refractivity (Wildman–Crippen MR) is 116 cm³/mol. The van der Waals surface area contributed by atoms with Gasteiger partial charge in [0.15, 0.2) is 0 Å². The van der Waals surface area contributed by atoms with E-state index in [1.54, 1.807) is 13.8 Å². The highest BCUT2D eigenvalue weighted by Gasteiger charge is 2.31. The molecular formula is C19H34N4O7S. The Hall–Kier alpha value is -2.34. The molecule has 4 unspecified atom stereocenters. The van der Waals surface area contributed by atoms with Crippen LogP contribution >= 0.6 is 12.6 Å².